The van der Waals surface area contributed by atoms with Crippen LogP contribution in [0.4, 0.5) is 0 Å². The number of hydrogen-bond acceptors (Lipinski definition) is 6. The van der Waals surface area contributed by atoms with Crippen molar-refractivity contribution in [2.24, 2.45) is 5.73 Å². The molecule has 0 aliphatic rings. The van der Waals surface area contributed by atoms with Gasteiger partial charge in [0.15, 0.2) is 0 Å². The van der Waals surface area contributed by atoms with Gasteiger partial charge in [-0.15, -0.1) is 0 Å². The maximum absolute atomic E-state index is 11.5. The molecule has 11 heteroatoms. The maximum atomic E-state index is 11.5. The second-order valence-corrected chi connectivity index (χ2v) is 4.65. The summed E-state index contributed by atoms with van der Waals surface area (Å²) in [4.78, 5) is 54.6. The Balaban J connectivity index is 4.28. The van der Waals surface area contributed by atoms with E-state index in [1.165, 1.54) is 0 Å². The molecule has 2 unspecified atom stereocenters. The summed E-state index contributed by atoms with van der Waals surface area (Å²) in [6, 6.07) is -2.58. The van der Waals surface area contributed by atoms with Gasteiger partial charge in [0.2, 0.25) is 11.8 Å². The van der Waals surface area contributed by atoms with Gasteiger partial charge in [0.05, 0.1) is 0 Å². The molecule has 0 radical (unpaired) electrons. The van der Waals surface area contributed by atoms with E-state index < -0.39 is 48.4 Å². The zero-order valence-corrected chi connectivity index (χ0v) is 12.2. The topological polar surface area (TPSA) is 196 Å². The molecule has 2 amide bonds. The van der Waals surface area contributed by atoms with Crippen molar-refractivity contribution in [1.82, 2.24) is 10.6 Å². The van der Waals surface area contributed by atoms with Gasteiger partial charge in [-0.25, -0.2) is 4.79 Å². The highest BCUT2D eigenvalue weighted by Crippen LogP contribution is 2.01. The second-order valence-electron chi connectivity index (χ2n) is 4.65. The monoisotopic (exact) mass is 333 g/mol. The summed E-state index contributed by atoms with van der Waals surface area (Å²) < 4.78 is 0. The number of nitrogens with two attached hydrogens (primary N) is 1. The quantitative estimate of drug-likeness (QED) is 0.241. The summed E-state index contributed by atoms with van der Waals surface area (Å²) in [6.07, 6.45) is -0.967. The summed E-state index contributed by atoms with van der Waals surface area (Å²) in [5.41, 5.74) is 5.21. The molecular formula is C12H19N3O8. The third-order valence-corrected chi connectivity index (χ3v) is 2.73. The third-order valence-electron chi connectivity index (χ3n) is 2.73. The number of amides is 2. The highest BCUT2D eigenvalue weighted by molar-refractivity contribution is 5.85. The van der Waals surface area contributed by atoms with Crippen molar-refractivity contribution in [1.29, 1.82) is 0 Å². The van der Waals surface area contributed by atoms with Crippen LogP contribution in [0.5, 0.6) is 0 Å². The fourth-order valence-electron chi connectivity index (χ4n) is 1.47. The first kappa shape index (κ1) is 20.3. The number of carbonyl (C=O) groups excluding carboxylic acids is 2. The van der Waals surface area contributed by atoms with Gasteiger partial charge in [-0.1, -0.05) is 0 Å². The van der Waals surface area contributed by atoms with Crippen LogP contribution in [0.3, 0.4) is 0 Å². The van der Waals surface area contributed by atoms with Gasteiger partial charge < -0.3 is 31.7 Å². The minimum Gasteiger partial charge on any atom is -0.480 e. The van der Waals surface area contributed by atoms with Gasteiger partial charge >= 0.3 is 17.9 Å². The summed E-state index contributed by atoms with van der Waals surface area (Å²) >= 11 is 0. The Morgan fingerprint density at radius 1 is 0.870 bits per heavy atom. The lowest BCUT2D eigenvalue weighted by molar-refractivity contribution is -0.143. The minimum absolute atomic E-state index is 0.160. The Bertz CT molecular complexity index is 479. The molecule has 0 saturated carbocycles. The van der Waals surface area contributed by atoms with Crippen LogP contribution in [0.25, 0.3) is 0 Å². The first-order valence-corrected chi connectivity index (χ1v) is 6.62. The van der Waals surface area contributed by atoms with Gasteiger partial charge in [-0.05, 0) is 12.8 Å². The molecule has 2 atom stereocenters. The molecule has 0 saturated heterocycles. The molecule has 0 aromatic carbocycles. The van der Waals surface area contributed by atoms with E-state index in [9.17, 15) is 24.0 Å². The molecule has 0 rings (SSSR count). The number of nitrogens with one attached hydrogen (secondary N) is 2. The SMILES string of the molecule is NC(CCC(=O)NC(CCC(=O)NCC(=O)O)C(=O)O)C(=O)O. The normalized spacial score (nSPS) is 12.7. The summed E-state index contributed by atoms with van der Waals surface area (Å²) in [5.74, 6) is -5.26. The van der Waals surface area contributed by atoms with Crippen LogP contribution in [0.1, 0.15) is 25.7 Å². The number of rotatable bonds is 11. The largest absolute Gasteiger partial charge is 0.480 e. The lowest BCUT2D eigenvalue weighted by Crippen LogP contribution is -2.42. The van der Waals surface area contributed by atoms with E-state index >= 15 is 0 Å². The molecule has 130 valence electrons. The predicted octanol–water partition coefficient (Wildman–Crippen LogP) is -2.27. The highest BCUT2D eigenvalue weighted by atomic mass is 16.4. The van der Waals surface area contributed by atoms with Crippen molar-refractivity contribution < 1.29 is 39.3 Å². The molecule has 0 bridgehead atoms. The molecule has 23 heavy (non-hydrogen) atoms. The third kappa shape index (κ3) is 9.79. The summed E-state index contributed by atoms with van der Waals surface area (Å²) in [5, 5.41) is 30.1. The van der Waals surface area contributed by atoms with Crippen LogP contribution in [-0.4, -0.2) is 63.7 Å². The van der Waals surface area contributed by atoms with Crippen LogP contribution >= 0.6 is 0 Å². The average molecular weight is 333 g/mol. The zero-order chi connectivity index (χ0) is 18.0. The van der Waals surface area contributed by atoms with Crippen LogP contribution in [0.15, 0.2) is 0 Å². The van der Waals surface area contributed by atoms with E-state index in [2.05, 4.69) is 10.6 Å². The van der Waals surface area contributed by atoms with Gasteiger partial charge in [0.1, 0.15) is 18.6 Å². The number of carbonyl (C=O) groups is 5. The average Bonchev–Trinajstić information content (AvgIpc) is 2.46. The van der Waals surface area contributed by atoms with Crippen molar-refractivity contribution >= 4 is 29.7 Å². The Kier molecular flexibility index (Phi) is 8.92. The lowest BCUT2D eigenvalue weighted by Gasteiger charge is -2.14. The standard InChI is InChI=1S/C12H19N3O8/c13-6(11(20)21)1-3-9(17)15-7(12(22)23)2-4-8(16)14-5-10(18)19/h6-7H,1-5,13H2,(H,14,16)(H,15,17)(H,18,19)(H,20,21)(H,22,23). The highest BCUT2D eigenvalue weighted by Gasteiger charge is 2.22. The predicted molar refractivity (Wildman–Crippen MR) is 74.3 cm³/mol. The van der Waals surface area contributed by atoms with E-state index in [-0.39, 0.29) is 25.7 Å². The van der Waals surface area contributed by atoms with E-state index in [1.807, 2.05) is 0 Å². The first-order chi connectivity index (χ1) is 10.6. The zero-order valence-electron chi connectivity index (χ0n) is 12.2. The van der Waals surface area contributed by atoms with Gasteiger partial charge in [0.25, 0.3) is 0 Å². The molecule has 0 aliphatic carbocycles. The Hall–Kier alpha value is -2.69. The van der Waals surface area contributed by atoms with E-state index in [0.717, 1.165) is 0 Å². The van der Waals surface area contributed by atoms with Gasteiger partial charge in [-0.2, -0.15) is 0 Å². The molecule has 0 spiro atoms. The molecule has 0 heterocycles. The summed E-state index contributed by atoms with van der Waals surface area (Å²) in [6.45, 7) is -0.587. The van der Waals surface area contributed by atoms with Crippen LogP contribution in [0.2, 0.25) is 0 Å². The minimum atomic E-state index is -1.37. The van der Waals surface area contributed by atoms with Crippen LogP contribution < -0.4 is 16.4 Å². The van der Waals surface area contributed by atoms with E-state index in [1.54, 1.807) is 0 Å². The molecule has 11 nitrogen and oxygen atoms in total. The lowest BCUT2D eigenvalue weighted by atomic mass is 10.1. The van der Waals surface area contributed by atoms with Crippen LogP contribution in [0, 0.1) is 0 Å². The molecule has 0 aromatic heterocycles. The van der Waals surface area contributed by atoms with E-state index in [0.29, 0.717) is 0 Å². The van der Waals surface area contributed by atoms with Gasteiger partial charge in [0, 0.05) is 12.8 Å². The van der Waals surface area contributed by atoms with Crippen LogP contribution in [-0.2, 0) is 24.0 Å². The fraction of sp³-hybridized carbons (Fsp3) is 0.583. The maximum Gasteiger partial charge on any atom is 0.326 e. The number of aliphatic carboxylic acids is 3. The molecule has 0 aromatic rings. The Morgan fingerprint density at radius 3 is 1.91 bits per heavy atom. The van der Waals surface area contributed by atoms with Gasteiger partial charge in [-0.3, -0.25) is 19.2 Å². The summed E-state index contributed by atoms with van der Waals surface area (Å²) in [7, 11) is 0. The Morgan fingerprint density at radius 2 is 1.43 bits per heavy atom. The first-order valence-electron chi connectivity index (χ1n) is 6.62. The van der Waals surface area contributed by atoms with Crippen molar-refractivity contribution in [3.05, 3.63) is 0 Å². The smallest absolute Gasteiger partial charge is 0.326 e. The number of carboxylic acid groups (broad SMARTS) is 3. The van der Waals surface area contributed by atoms with Crippen molar-refractivity contribution in [2.45, 2.75) is 37.8 Å². The second kappa shape index (κ2) is 10.1. The number of carboxylic acids is 3. The van der Waals surface area contributed by atoms with Crippen molar-refractivity contribution in [2.75, 3.05) is 6.54 Å². The Labute approximate surface area is 130 Å². The number of hydrogen-bond donors (Lipinski definition) is 6. The van der Waals surface area contributed by atoms with Crippen molar-refractivity contribution in [3.8, 4) is 0 Å². The fourth-order valence-corrected chi connectivity index (χ4v) is 1.47. The molecule has 0 aliphatic heterocycles. The van der Waals surface area contributed by atoms with Crippen molar-refractivity contribution in [3.63, 3.8) is 0 Å². The molecule has 7 N–H and O–H groups in total. The van der Waals surface area contributed by atoms with E-state index in [4.69, 9.17) is 21.1 Å². The molecular weight excluding hydrogens is 314 g/mol. The molecule has 0 fully saturated rings.